The Hall–Kier alpha value is -0.0100. The number of alkyl halides is 4. The van der Waals surface area contributed by atoms with Gasteiger partial charge in [-0.05, 0) is 32.1 Å². The van der Waals surface area contributed by atoms with Crippen LogP contribution in [0.25, 0.3) is 0 Å². The second-order valence-electron chi connectivity index (χ2n) is 4.60. The van der Waals surface area contributed by atoms with Gasteiger partial charge < -0.3 is 0 Å². The standard InChI is InChI=1S/C10H17ClF3NO2S/c11-8-2-4-9(5-3-8)15-18(16,17)7-1-6-10(12,13)14/h8-9,15H,1-7H2. The van der Waals surface area contributed by atoms with E-state index in [1.54, 1.807) is 0 Å². The molecule has 18 heavy (non-hydrogen) atoms. The first kappa shape index (κ1) is 16.0. The van der Waals surface area contributed by atoms with Gasteiger partial charge in [-0.2, -0.15) is 13.2 Å². The van der Waals surface area contributed by atoms with Gasteiger partial charge in [-0.25, -0.2) is 13.1 Å². The van der Waals surface area contributed by atoms with Crippen LogP contribution >= 0.6 is 11.6 Å². The summed E-state index contributed by atoms with van der Waals surface area (Å²) in [6.07, 6.45) is -3.01. The Morgan fingerprint density at radius 1 is 1.17 bits per heavy atom. The zero-order valence-corrected chi connectivity index (χ0v) is 11.4. The number of hydrogen-bond donors (Lipinski definition) is 1. The average molecular weight is 308 g/mol. The van der Waals surface area contributed by atoms with Crippen molar-refractivity contribution in [3.8, 4) is 0 Å². The number of sulfonamides is 1. The molecule has 0 amide bonds. The van der Waals surface area contributed by atoms with E-state index in [1.165, 1.54) is 0 Å². The lowest BCUT2D eigenvalue weighted by molar-refractivity contribution is -0.134. The first-order chi connectivity index (χ1) is 8.18. The number of hydrogen-bond acceptors (Lipinski definition) is 2. The van der Waals surface area contributed by atoms with Crippen LogP contribution in [-0.2, 0) is 10.0 Å². The van der Waals surface area contributed by atoms with Gasteiger partial charge in [0.15, 0.2) is 0 Å². The fraction of sp³-hybridized carbons (Fsp3) is 1.00. The molecular weight excluding hydrogens is 291 g/mol. The Labute approximate surface area is 110 Å². The van der Waals surface area contributed by atoms with E-state index in [9.17, 15) is 21.6 Å². The minimum atomic E-state index is -4.30. The molecule has 1 fully saturated rings. The van der Waals surface area contributed by atoms with Crippen LogP contribution in [0.4, 0.5) is 13.2 Å². The highest BCUT2D eigenvalue weighted by molar-refractivity contribution is 7.89. The smallest absolute Gasteiger partial charge is 0.212 e. The molecule has 0 heterocycles. The van der Waals surface area contributed by atoms with Crippen molar-refractivity contribution in [2.45, 2.75) is 56.1 Å². The predicted octanol–water partition coefficient (Wildman–Crippen LogP) is 2.80. The molecule has 0 radical (unpaired) electrons. The molecule has 1 N–H and O–H groups in total. The maximum absolute atomic E-state index is 11.9. The summed E-state index contributed by atoms with van der Waals surface area (Å²) in [5.74, 6) is -0.479. The number of nitrogens with one attached hydrogen (secondary N) is 1. The van der Waals surface area contributed by atoms with E-state index in [0.717, 1.165) is 12.8 Å². The molecule has 1 aliphatic rings. The van der Waals surface area contributed by atoms with Crippen LogP contribution in [0.15, 0.2) is 0 Å². The largest absolute Gasteiger partial charge is 0.389 e. The summed E-state index contributed by atoms with van der Waals surface area (Å²) in [4.78, 5) is 0. The highest BCUT2D eigenvalue weighted by atomic mass is 35.5. The van der Waals surface area contributed by atoms with E-state index in [0.29, 0.717) is 12.8 Å². The lowest BCUT2D eigenvalue weighted by Crippen LogP contribution is -2.39. The molecule has 3 nitrogen and oxygen atoms in total. The summed E-state index contributed by atoms with van der Waals surface area (Å²) in [5, 5.41) is 0.0796. The Kier molecular flexibility index (Phi) is 5.73. The molecule has 0 bridgehead atoms. The van der Waals surface area contributed by atoms with Gasteiger partial charge >= 0.3 is 6.18 Å². The van der Waals surface area contributed by atoms with Crippen LogP contribution in [-0.4, -0.2) is 31.8 Å². The molecule has 0 aromatic rings. The zero-order valence-electron chi connectivity index (χ0n) is 9.84. The molecular formula is C10H17ClF3NO2S. The van der Waals surface area contributed by atoms with Crippen molar-refractivity contribution in [1.82, 2.24) is 4.72 Å². The molecule has 1 saturated carbocycles. The van der Waals surface area contributed by atoms with E-state index < -0.39 is 34.8 Å². The van der Waals surface area contributed by atoms with Crippen molar-refractivity contribution in [2.24, 2.45) is 0 Å². The topological polar surface area (TPSA) is 46.2 Å². The van der Waals surface area contributed by atoms with Crippen LogP contribution in [0.1, 0.15) is 38.5 Å². The van der Waals surface area contributed by atoms with Gasteiger partial charge in [0.25, 0.3) is 0 Å². The molecule has 0 unspecified atom stereocenters. The molecule has 1 rings (SSSR count). The maximum Gasteiger partial charge on any atom is 0.389 e. The van der Waals surface area contributed by atoms with Crippen molar-refractivity contribution >= 4 is 21.6 Å². The fourth-order valence-electron chi connectivity index (χ4n) is 1.95. The highest BCUT2D eigenvalue weighted by Crippen LogP contribution is 2.24. The van der Waals surface area contributed by atoms with Gasteiger partial charge in [-0.15, -0.1) is 11.6 Å². The van der Waals surface area contributed by atoms with Crippen molar-refractivity contribution in [2.75, 3.05) is 5.75 Å². The molecule has 0 aromatic carbocycles. The van der Waals surface area contributed by atoms with E-state index in [1.807, 2.05) is 0 Å². The highest BCUT2D eigenvalue weighted by Gasteiger charge is 2.28. The summed E-state index contributed by atoms with van der Waals surface area (Å²) < 4.78 is 61.3. The van der Waals surface area contributed by atoms with Crippen LogP contribution in [0.3, 0.4) is 0 Å². The third-order valence-electron chi connectivity index (χ3n) is 2.88. The first-order valence-corrected chi connectivity index (χ1v) is 7.98. The van der Waals surface area contributed by atoms with Gasteiger partial charge in [0.1, 0.15) is 0 Å². The van der Waals surface area contributed by atoms with E-state index in [2.05, 4.69) is 4.72 Å². The summed E-state index contributed by atoms with van der Waals surface area (Å²) in [6.45, 7) is 0. The van der Waals surface area contributed by atoms with Crippen molar-refractivity contribution in [3.05, 3.63) is 0 Å². The predicted molar refractivity (Wildman–Crippen MR) is 64.1 cm³/mol. The Morgan fingerprint density at radius 2 is 1.72 bits per heavy atom. The Morgan fingerprint density at radius 3 is 2.22 bits per heavy atom. The minimum Gasteiger partial charge on any atom is -0.212 e. The lowest BCUT2D eigenvalue weighted by atomic mass is 9.96. The molecule has 1 aliphatic carbocycles. The number of halogens is 4. The summed E-state index contributed by atoms with van der Waals surface area (Å²) in [6, 6.07) is -0.184. The number of rotatable bonds is 5. The van der Waals surface area contributed by atoms with Crippen LogP contribution in [0.5, 0.6) is 0 Å². The van der Waals surface area contributed by atoms with Gasteiger partial charge in [-0.3, -0.25) is 0 Å². The average Bonchev–Trinajstić information content (AvgIpc) is 2.18. The SMILES string of the molecule is O=S(=O)(CCCC(F)(F)F)NC1CCC(Cl)CC1. The quantitative estimate of drug-likeness (QED) is 0.794. The van der Waals surface area contributed by atoms with Gasteiger partial charge in [-0.1, -0.05) is 0 Å². The van der Waals surface area contributed by atoms with Gasteiger partial charge in [0.05, 0.1) is 5.75 Å². The lowest BCUT2D eigenvalue weighted by Gasteiger charge is -2.25. The molecule has 0 saturated heterocycles. The molecule has 108 valence electrons. The molecule has 0 atom stereocenters. The molecule has 8 heteroatoms. The summed E-state index contributed by atoms with van der Waals surface area (Å²) in [5.41, 5.74) is 0. The summed E-state index contributed by atoms with van der Waals surface area (Å²) >= 11 is 5.88. The Bertz CT molecular complexity index is 351. The minimum absolute atomic E-state index is 0.0796. The second kappa shape index (κ2) is 6.43. The fourth-order valence-corrected chi connectivity index (χ4v) is 3.58. The van der Waals surface area contributed by atoms with Crippen molar-refractivity contribution < 1.29 is 21.6 Å². The van der Waals surface area contributed by atoms with E-state index in [4.69, 9.17) is 11.6 Å². The van der Waals surface area contributed by atoms with Gasteiger partial charge in [0, 0.05) is 17.8 Å². The Balaban J connectivity index is 2.31. The third-order valence-corrected chi connectivity index (χ3v) is 4.83. The van der Waals surface area contributed by atoms with Crippen molar-refractivity contribution in [1.29, 1.82) is 0 Å². The van der Waals surface area contributed by atoms with Gasteiger partial charge in [0.2, 0.25) is 10.0 Å². The van der Waals surface area contributed by atoms with Crippen LogP contribution in [0.2, 0.25) is 0 Å². The molecule has 0 aliphatic heterocycles. The van der Waals surface area contributed by atoms with E-state index >= 15 is 0 Å². The van der Waals surface area contributed by atoms with Crippen LogP contribution < -0.4 is 4.72 Å². The third kappa shape index (κ3) is 6.80. The summed E-state index contributed by atoms with van der Waals surface area (Å²) in [7, 11) is -3.61. The van der Waals surface area contributed by atoms with E-state index in [-0.39, 0.29) is 11.4 Å². The monoisotopic (exact) mass is 307 g/mol. The first-order valence-electron chi connectivity index (χ1n) is 5.89. The van der Waals surface area contributed by atoms with Crippen molar-refractivity contribution in [3.63, 3.8) is 0 Å². The molecule has 0 spiro atoms. The normalized spacial score (nSPS) is 26.2. The van der Waals surface area contributed by atoms with Crippen LogP contribution in [0, 0.1) is 0 Å². The molecule has 0 aromatic heterocycles. The second-order valence-corrected chi connectivity index (χ2v) is 7.10. The maximum atomic E-state index is 11.9. The zero-order chi connectivity index (χ0) is 13.8.